The van der Waals surface area contributed by atoms with Crippen LogP contribution in [0.1, 0.15) is 5.56 Å². The van der Waals surface area contributed by atoms with Crippen molar-refractivity contribution in [3.8, 4) is 11.1 Å². The van der Waals surface area contributed by atoms with Crippen molar-refractivity contribution in [1.82, 2.24) is 24.4 Å². The van der Waals surface area contributed by atoms with Gasteiger partial charge in [-0.15, -0.1) is 0 Å². The maximum absolute atomic E-state index is 12.5. The number of nitrogens with one attached hydrogen (secondary N) is 2. The van der Waals surface area contributed by atoms with Crippen molar-refractivity contribution in [2.75, 3.05) is 6.54 Å². The summed E-state index contributed by atoms with van der Waals surface area (Å²) in [6.45, 7) is 0.153. The third-order valence-electron chi connectivity index (χ3n) is 4.97. The van der Waals surface area contributed by atoms with Crippen LogP contribution in [0.25, 0.3) is 22.3 Å². The highest BCUT2D eigenvalue weighted by Gasteiger charge is 2.12. The van der Waals surface area contributed by atoms with E-state index in [9.17, 15) is 9.59 Å². The van der Waals surface area contributed by atoms with Crippen molar-refractivity contribution >= 4 is 23.2 Å². The van der Waals surface area contributed by atoms with Crippen LogP contribution in [0.15, 0.2) is 72.0 Å². The molecule has 32 heavy (non-hydrogen) atoms. The van der Waals surface area contributed by atoms with Crippen molar-refractivity contribution in [2.24, 2.45) is 7.05 Å². The predicted octanol–water partition coefficient (Wildman–Crippen LogP) is 2.74. The summed E-state index contributed by atoms with van der Waals surface area (Å²) in [5.41, 5.74) is 3.64. The number of carbonyl (C=O) groups excluding carboxylic acids is 1. The summed E-state index contributed by atoms with van der Waals surface area (Å²) in [5.74, 6) is -0.361. The van der Waals surface area contributed by atoms with Gasteiger partial charge in [-0.05, 0) is 23.1 Å². The fourth-order valence-corrected chi connectivity index (χ4v) is 3.32. The van der Waals surface area contributed by atoms with Gasteiger partial charge in [0.25, 0.3) is 5.56 Å². The molecule has 2 N–H and O–H groups in total. The van der Waals surface area contributed by atoms with Gasteiger partial charge in [0.1, 0.15) is 12.9 Å². The van der Waals surface area contributed by atoms with Crippen LogP contribution >= 0.6 is 0 Å². The van der Waals surface area contributed by atoms with Gasteiger partial charge >= 0.3 is 6.09 Å². The van der Waals surface area contributed by atoms with E-state index in [0.29, 0.717) is 24.1 Å². The SMILES string of the molecule is Cn1cnc2ncn(CC(=N)OC(=O)NCCc3ccc(-c4ccccc4)cc3)c(=O)c21. The minimum Gasteiger partial charge on any atom is -0.394 e. The molecule has 4 rings (SSSR count). The standard InChI is InChI=1S/C23H22N6O3/c1-28-14-26-21-20(28)22(30)29(15-27-21)13-19(24)32-23(31)25-12-11-16-7-9-18(10-8-16)17-5-3-2-4-6-17/h2-10,14-15,24H,11-13H2,1H3,(H,25,31). The highest BCUT2D eigenvalue weighted by Crippen LogP contribution is 2.19. The first-order valence-electron chi connectivity index (χ1n) is 10.0. The first-order valence-corrected chi connectivity index (χ1v) is 10.0. The number of rotatable bonds is 6. The van der Waals surface area contributed by atoms with Crippen LogP contribution in [0.4, 0.5) is 4.79 Å². The van der Waals surface area contributed by atoms with Gasteiger partial charge in [0.15, 0.2) is 11.2 Å². The lowest BCUT2D eigenvalue weighted by Crippen LogP contribution is -2.32. The topological polar surface area (TPSA) is 115 Å². The van der Waals surface area contributed by atoms with Crippen LogP contribution in [-0.4, -0.2) is 37.6 Å². The number of hydrogen-bond donors (Lipinski definition) is 2. The van der Waals surface area contributed by atoms with E-state index < -0.39 is 6.09 Å². The molecule has 0 aliphatic carbocycles. The third-order valence-corrected chi connectivity index (χ3v) is 4.97. The Kier molecular flexibility index (Phi) is 6.07. The number of hydrogen-bond acceptors (Lipinski definition) is 6. The zero-order valence-electron chi connectivity index (χ0n) is 17.5. The molecule has 0 unspecified atom stereocenters. The van der Waals surface area contributed by atoms with Crippen LogP contribution in [0.3, 0.4) is 0 Å². The molecular weight excluding hydrogens is 408 g/mol. The lowest BCUT2D eigenvalue weighted by Gasteiger charge is -2.09. The van der Waals surface area contributed by atoms with Crippen LogP contribution in [0.5, 0.6) is 0 Å². The molecule has 0 radical (unpaired) electrons. The quantitative estimate of drug-likeness (QED) is 0.361. The molecule has 162 valence electrons. The van der Waals surface area contributed by atoms with Crippen LogP contribution in [0, 0.1) is 5.41 Å². The van der Waals surface area contributed by atoms with Gasteiger partial charge in [-0.1, -0.05) is 54.6 Å². The Hall–Kier alpha value is -4.27. The minimum atomic E-state index is -0.737. The summed E-state index contributed by atoms with van der Waals surface area (Å²) in [5, 5.41) is 10.5. The molecule has 0 spiro atoms. The molecule has 2 aromatic heterocycles. The Balaban J connectivity index is 1.26. The largest absolute Gasteiger partial charge is 0.413 e. The number of alkyl carbamates (subject to hydrolysis) is 1. The van der Waals surface area contributed by atoms with Gasteiger partial charge in [-0.2, -0.15) is 0 Å². The van der Waals surface area contributed by atoms with Gasteiger partial charge in [0.2, 0.25) is 5.90 Å². The molecule has 9 nitrogen and oxygen atoms in total. The van der Waals surface area contributed by atoms with Gasteiger partial charge < -0.3 is 14.6 Å². The summed E-state index contributed by atoms with van der Waals surface area (Å²) < 4.78 is 7.73. The molecule has 2 aromatic carbocycles. The average molecular weight is 430 g/mol. The van der Waals surface area contributed by atoms with Gasteiger partial charge in [0, 0.05) is 13.6 Å². The van der Waals surface area contributed by atoms with E-state index in [1.54, 1.807) is 11.6 Å². The zero-order valence-corrected chi connectivity index (χ0v) is 17.5. The monoisotopic (exact) mass is 430 g/mol. The fraction of sp³-hybridized carbons (Fsp3) is 0.174. The minimum absolute atomic E-state index is 0.207. The molecule has 0 atom stereocenters. The predicted molar refractivity (Wildman–Crippen MR) is 121 cm³/mol. The first kappa shape index (κ1) is 21.0. The van der Waals surface area contributed by atoms with Gasteiger partial charge in [0.05, 0.1) is 6.33 Å². The maximum atomic E-state index is 12.5. The van der Waals surface area contributed by atoms with E-state index in [-0.39, 0.29) is 18.0 Å². The number of amides is 1. The number of ether oxygens (including phenoxy) is 1. The summed E-state index contributed by atoms with van der Waals surface area (Å²) >= 11 is 0. The average Bonchev–Trinajstić information content (AvgIpc) is 3.18. The van der Waals surface area contributed by atoms with E-state index in [2.05, 4.69) is 27.4 Å². The molecule has 2 heterocycles. The molecule has 4 aromatic rings. The summed E-state index contributed by atoms with van der Waals surface area (Å²) in [7, 11) is 1.69. The number of nitrogens with zero attached hydrogens (tertiary/aromatic N) is 4. The lowest BCUT2D eigenvalue weighted by molar-refractivity contribution is 0.195. The van der Waals surface area contributed by atoms with Crippen molar-refractivity contribution < 1.29 is 9.53 Å². The highest BCUT2D eigenvalue weighted by molar-refractivity contribution is 5.86. The number of aryl methyl sites for hydroxylation is 1. The molecule has 1 amide bonds. The summed E-state index contributed by atoms with van der Waals surface area (Å²) in [6.07, 6.45) is 2.66. The third kappa shape index (κ3) is 4.72. The molecule has 0 fully saturated rings. The summed E-state index contributed by atoms with van der Waals surface area (Å²) in [4.78, 5) is 32.6. The lowest BCUT2D eigenvalue weighted by atomic mass is 10.0. The normalized spacial score (nSPS) is 10.8. The van der Waals surface area contributed by atoms with E-state index in [4.69, 9.17) is 10.1 Å². The van der Waals surface area contributed by atoms with Crippen molar-refractivity contribution in [1.29, 1.82) is 5.41 Å². The van der Waals surface area contributed by atoms with Crippen molar-refractivity contribution in [2.45, 2.75) is 13.0 Å². The fourth-order valence-electron chi connectivity index (χ4n) is 3.32. The first-order chi connectivity index (χ1) is 15.5. The Morgan fingerprint density at radius 2 is 1.72 bits per heavy atom. The smallest absolute Gasteiger partial charge is 0.394 e. The molecule has 0 saturated carbocycles. The molecule has 9 heteroatoms. The molecular formula is C23H22N6O3. The van der Waals surface area contributed by atoms with Crippen LogP contribution in [-0.2, 0) is 24.8 Å². The number of aromatic nitrogens is 4. The van der Waals surface area contributed by atoms with E-state index in [1.807, 2.05) is 42.5 Å². The van der Waals surface area contributed by atoms with Crippen molar-refractivity contribution in [3.63, 3.8) is 0 Å². The van der Waals surface area contributed by atoms with Crippen LogP contribution in [0.2, 0.25) is 0 Å². The zero-order chi connectivity index (χ0) is 22.5. The van der Waals surface area contributed by atoms with Gasteiger partial charge in [-0.25, -0.2) is 14.8 Å². The Labute approximate surface area is 183 Å². The van der Waals surface area contributed by atoms with E-state index >= 15 is 0 Å². The molecule has 0 bridgehead atoms. The Morgan fingerprint density at radius 3 is 2.47 bits per heavy atom. The Morgan fingerprint density at radius 1 is 1.03 bits per heavy atom. The number of carbonyl (C=O) groups is 1. The molecule has 0 aliphatic heterocycles. The second kappa shape index (κ2) is 9.25. The number of fused-ring (bicyclic) bond motifs is 1. The second-order valence-electron chi connectivity index (χ2n) is 7.26. The highest BCUT2D eigenvalue weighted by atomic mass is 16.6. The molecule has 0 aliphatic rings. The van der Waals surface area contributed by atoms with Gasteiger partial charge in [-0.3, -0.25) is 14.8 Å². The number of imidazole rings is 1. The van der Waals surface area contributed by atoms with E-state index in [0.717, 1.165) is 16.7 Å². The number of benzene rings is 2. The second-order valence-corrected chi connectivity index (χ2v) is 7.26. The van der Waals surface area contributed by atoms with Crippen molar-refractivity contribution in [3.05, 3.63) is 83.2 Å². The summed E-state index contributed by atoms with van der Waals surface area (Å²) in [6, 6.07) is 18.2. The Bertz CT molecular complexity index is 1310. The molecule has 0 saturated heterocycles. The maximum Gasteiger partial charge on any atom is 0.413 e. The van der Waals surface area contributed by atoms with E-state index in [1.165, 1.54) is 17.2 Å². The van der Waals surface area contributed by atoms with Crippen LogP contribution < -0.4 is 10.9 Å².